The summed E-state index contributed by atoms with van der Waals surface area (Å²) in [5.74, 6) is -2.11. The minimum Gasteiger partial charge on any atom is -0.494 e. The van der Waals surface area contributed by atoms with Gasteiger partial charge in [-0.1, -0.05) is 20.8 Å². The molecule has 2 aliphatic heterocycles. The SMILES string of the molecule is CCOc1cc2c(nc1C(=O)NC)C(=N)N(CC(=O)c1cc(N3CCC(C)(OC(=O)C(F)(F)F)CC3)c(OC)c(C(C)(C)C)c1)C2. The molecule has 4 rings (SSSR count). The predicted molar refractivity (Wildman–Crippen MR) is 164 cm³/mol. The summed E-state index contributed by atoms with van der Waals surface area (Å²) < 4.78 is 54.9. The minimum absolute atomic E-state index is 0.00468. The van der Waals surface area contributed by atoms with Gasteiger partial charge in [0.25, 0.3) is 5.91 Å². The fourth-order valence-electron chi connectivity index (χ4n) is 5.63. The number of halogens is 3. The van der Waals surface area contributed by atoms with Gasteiger partial charge in [-0.2, -0.15) is 13.2 Å². The van der Waals surface area contributed by atoms with Crippen molar-refractivity contribution in [3.05, 3.63) is 46.3 Å². The van der Waals surface area contributed by atoms with E-state index in [1.165, 1.54) is 21.1 Å². The Kier molecular flexibility index (Phi) is 9.60. The van der Waals surface area contributed by atoms with Crippen molar-refractivity contribution in [2.24, 2.45) is 0 Å². The van der Waals surface area contributed by atoms with Gasteiger partial charge in [0.15, 0.2) is 17.2 Å². The van der Waals surface area contributed by atoms with Crippen LogP contribution >= 0.6 is 0 Å². The second-order valence-electron chi connectivity index (χ2n) is 12.6. The number of amides is 1. The summed E-state index contributed by atoms with van der Waals surface area (Å²) >= 11 is 0. The first-order chi connectivity index (χ1) is 21.4. The van der Waals surface area contributed by atoms with Gasteiger partial charge in [-0.15, -0.1) is 0 Å². The molecule has 0 spiro atoms. The molecule has 2 N–H and O–H groups in total. The van der Waals surface area contributed by atoms with Crippen molar-refractivity contribution >= 4 is 29.2 Å². The van der Waals surface area contributed by atoms with Crippen LogP contribution in [0.15, 0.2) is 18.2 Å². The third kappa shape index (κ3) is 7.05. The number of alkyl halides is 3. The zero-order valence-electron chi connectivity index (χ0n) is 27.1. The quantitative estimate of drug-likeness (QED) is 0.295. The molecule has 1 amide bonds. The summed E-state index contributed by atoms with van der Waals surface area (Å²) in [6.45, 7) is 10.1. The number of aromatic nitrogens is 1. The van der Waals surface area contributed by atoms with Crippen LogP contribution in [0.25, 0.3) is 0 Å². The second-order valence-corrected chi connectivity index (χ2v) is 12.6. The number of methoxy groups -OCH3 is 1. The Balaban J connectivity index is 1.61. The number of carbonyl (C=O) groups is 3. The largest absolute Gasteiger partial charge is 0.494 e. The molecule has 250 valence electrons. The number of piperidine rings is 1. The molecule has 3 heterocycles. The van der Waals surface area contributed by atoms with Gasteiger partial charge >= 0.3 is 12.1 Å². The number of ether oxygens (including phenoxy) is 3. The number of hydrogen-bond acceptors (Lipinski definition) is 9. The third-order valence-electron chi connectivity index (χ3n) is 8.18. The van der Waals surface area contributed by atoms with Crippen molar-refractivity contribution in [1.82, 2.24) is 15.2 Å². The Morgan fingerprint density at radius 2 is 1.76 bits per heavy atom. The number of hydrogen-bond donors (Lipinski definition) is 2. The number of nitrogens with zero attached hydrogens (tertiary/aromatic N) is 3. The molecular weight excluding hydrogens is 607 g/mol. The molecule has 0 bridgehead atoms. The molecule has 14 heteroatoms. The number of esters is 1. The Labute approximate surface area is 265 Å². The van der Waals surface area contributed by atoms with E-state index in [4.69, 9.17) is 19.6 Å². The van der Waals surface area contributed by atoms with E-state index >= 15 is 0 Å². The van der Waals surface area contributed by atoms with Crippen molar-refractivity contribution in [3.8, 4) is 11.5 Å². The number of Topliss-reactive ketones (excluding diaryl/α,β-unsaturated/α-hetero) is 1. The summed E-state index contributed by atoms with van der Waals surface area (Å²) in [4.78, 5) is 45.7. The van der Waals surface area contributed by atoms with E-state index in [1.807, 2.05) is 25.7 Å². The van der Waals surface area contributed by atoms with Crippen LogP contribution in [0.5, 0.6) is 11.5 Å². The molecule has 0 atom stereocenters. The molecule has 2 aliphatic rings. The Morgan fingerprint density at radius 3 is 2.30 bits per heavy atom. The van der Waals surface area contributed by atoms with Crippen molar-refractivity contribution in [2.75, 3.05) is 45.3 Å². The first-order valence-electron chi connectivity index (χ1n) is 15.0. The fraction of sp³-hybridized carbons (Fsp3) is 0.531. The van der Waals surface area contributed by atoms with E-state index in [9.17, 15) is 27.6 Å². The van der Waals surface area contributed by atoms with Gasteiger partial charge in [-0.3, -0.25) is 15.0 Å². The molecule has 0 unspecified atom stereocenters. The zero-order chi connectivity index (χ0) is 34.2. The number of fused-ring (bicyclic) bond motifs is 1. The minimum atomic E-state index is -5.08. The average molecular weight is 648 g/mol. The van der Waals surface area contributed by atoms with E-state index in [0.717, 1.165) is 5.56 Å². The zero-order valence-corrected chi connectivity index (χ0v) is 27.1. The molecule has 0 aliphatic carbocycles. The summed E-state index contributed by atoms with van der Waals surface area (Å²) in [5, 5.41) is 11.3. The lowest BCUT2D eigenvalue weighted by Gasteiger charge is -2.41. The number of rotatable bonds is 9. The van der Waals surface area contributed by atoms with Crippen LogP contribution in [0, 0.1) is 5.41 Å². The van der Waals surface area contributed by atoms with Gasteiger partial charge in [-0.25, -0.2) is 9.78 Å². The predicted octanol–water partition coefficient (Wildman–Crippen LogP) is 4.63. The Hall–Kier alpha value is -4.36. The monoisotopic (exact) mass is 647 g/mol. The number of anilines is 1. The van der Waals surface area contributed by atoms with Gasteiger partial charge in [-0.05, 0) is 37.5 Å². The summed E-state index contributed by atoms with van der Waals surface area (Å²) in [7, 11) is 3.00. The third-order valence-corrected chi connectivity index (χ3v) is 8.18. The maximum Gasteiger partial charge on any atom is 0.490 e. The van der Waals surface area contributed by atoms with Gasteiger partial charge in [0.1, 0.15) is 22.9 Å². The first kappa shape index (κ1) is 34.5. The molecule has 1 aromatic heterocycles. The Bertz CT molecular complexity index is 1540. The second kappa shape index (κ2) is 12.8. The molecular formula is C32H40F3N5O6. The standard InChI is InChI=1S/C32H40F3N5O6/c1-8-45-23-15-19-16-40(27(36)24(19)38-25(23)28(42)37-6)17-22(41)18-13-20(30(2,3)4)26(44-7)21(14-18)39-11-9-31(5,10-12-39)46-29(43)32(33,34)35/h13-15,36H,8-12,16-17H2,1-7H3,(H,37,42). The highest BCUT2D eigenvalue weighted by molar-refractivity contribution is 6.06. The number of amidine groups is 1. The molecule has 0 radical (unpaired) electrons. The summed E-state index contributed by atoms with van der Waals surface area (Å²) in [6.07, 6.45) is -4.81. The number of benzene rings is 1. The van der Waals surface area contributed by atoms with E-state index in [1.54, 1.807) is 30.0 Å². The highest BCUT2D eigenvalue weighted by atomic mass is 19.4. The average Bonchev–Trinajstić information content (AvgIpc) is 3.28. The molecule has 1 saturated heterocycles. The number of carbonyl (C=O) groups excluding carboxylic acids is 3. The molecule has 46 heavy (non-hydrogen) atoms. The molecule has 1 aromatic carbocycles. The van der Waals surface area contributed by atoms with Crippen molar-refractivity contribution in [2.45, 2.75) is 71.2 Å². The van der Waals surface area contributed by atoms with Crippen LogP contribution < -0.4 is 19.7 Å². The van der Waals surface area contributed by atoms with Crippen LogP contribution in [0.3, 0.4) is 0 Å². The van der Waals surface area contributed by atoms with Gasteiger partial charge in [0.05, 0.1) is 25.9 Å². The maximum absolute atomic E-state index is 13.8. The smallest absolute Gasteiger partial charge is 0.490 e. The van der Waals surface area contributed by atoms with Crippen LogP contribution in [-0.2, 0) is 21.5 Å². The summed E-state index contributed by atoms with van der Waals surface area (Å²) in [6, 6.07) is 5.14. The van der Waals surface area contributed by atoms with Crippen molar-refractivity contribution in [3.63, 3.8) is 0 Å². The Morgan fingerprint density at radius 1 is 1.11 bits per heavy atom. The molecule has 2 aromatic rings. The fourth-order valence-corrected chi connectivity index (χ4v) is 5.63. The maximum atomic E-state index is 13.8. The van der Waals surface area contributed by atoms with Crippen LogP contribution in [0.4, 0.5) is 18.9 Å². The normalized spacial score (nSPS) is 16.2. The number of ketones is 1. The van der Waals surface area contributed by atoms with Crippen LogP contribution in [0.2, 0.25) is 0 Å². The lowest BCUT2D eigenvalue weighted by molar-refractivity contribution is -0.214. The lowest BCUT2D eigenvalue weighted by Crippen LogP contribution is -2.47. The topological polar surface area (TPSA) is 134 Å². The van der Waals surface area contributed by atoms with E-state index in [0.29, 0.717) is 40.6 Å². The van der Waals surface area contributed by atoms with E-state index < -0.39 is 29.1 Å². The number of pyridine rings is 1. The molecule has 0 saturated carbocycles. The molecule has 1 fully saturated rings. The number of nitrogens with one attached hydrogen (secondary N) is 2. The first-order valence-corrected chi connectivity index (χ1v) is 15.0. The van der Waals surface area contributed by atoms with Crippen molar-refractivity contribution in [1.29, 1.82) is 5.41 Å². The van der Waals surface area contributed by atoms with Crippen molar-refractivity contribution < 1.29 is 41.8 Å². The van der Waals surface area contributed by atoms with Crippen LogP contribution in [-0.4, -0.2) is 85.6 Å². The highest BCUT2D eigenvalue weighted by Gasteiger charge is 2.46. The van der Waals surface area contributed by atoms with Crippen LogP contribution in [0.1, 0.15) is 85.1 Å². The van der Waals surface area contributed by atoms with Gasteiger partial charge in [0, 0.05) is 56.2 Å². The van der Waals surface area contributed by atoms with E-state index in [-0.39, 0.29) is 56.3 Å². The lowest BCUT2D eigenvalue weighted by atomic mass is 9.83. The van der Waals surface area contributed by atoms with Gasteiger partial charge in [0.2, 0.25) is 0 Å². The molecule has 11 nitrogen and oxygen atoms in total. The van der Waals surface area contributed by atoms with E-state index in [2.05, 4.69) is 10.3 Å². The van der Waals surface area contributed by atoms with Gasteiger partial charge < -0.3 is 29.3 Å². The summed E-state index contributed by atoms with van der Waals surface area (Å²) in [5.41, 5.74) is 0.985. The highest BCUT2D eigenvalue weighted by Crippen LogP contribution is 2.42.